The lowest BCUT2D eigenvalue weighted by molar-refractivity contribution is 0.205. The van der Waals surface area contributed by atoms with Crippen molar-refractivity contribution in [1.82, 2.24) is 0 Å². The van der Waals surface area contributed by atoms with Crippen LogP contribution in [-0.2, 0) is 6.42 Å². The van der Waals surface area contributed by atoms with Crippen molar-refractivity contribution in [3.8, 4) is 0 Å². The fourth-order valence-electron chi connectivity index (χ4n) is 3.15. The Morgan fingerprint density at radius 1 is 1.17 bits per heavy atom. The molecule has 0 heteroatoms. The summed E-state index contributed by atoms with van der Waals surface area (Å²) in [4.78, 5) is 0. The summed E-state index contributed by atoms with van der Waals surface area (Å²) in [5.41, 5.74) is 6.15. The van der Waals surface area contributed by atoms with Crippen LogP contribution in [-0.4, -0.2) is 0 Å². The molecule has 1 aromatic rings. The molecule has 1 aromatic carbocycles. The highest BCUT2D eigenvalue weighted by Crippen LogP contribution is 2.35. The maximum atomic E-state index is 2.44. The van der Waals surface area contributed by atoms with Gasteiger partial charge >= 0.3 is 0 Å². The highest BCUT2D eigenvalue weighted by Gasteiger charge is 2.25. The van der Waals surface area contributed by atoms with Crippen molar-refractivity contribution in [2.75, 3.05) is 0 Å². The summed E-state index contributed by atoms with van der Waals surface area (Å²) in [6.07, 6.45) is 12.9. The fraction of sp³-hybridized carbons (Fsp3) is 0.583. The van der Waals surface area contributed by atoms with E-state index in [1.807, 2.05) is 0 Å². The SMILES string of the molecule is C/C=C(\C=C/CC)CCCC(C)(C)C(C)Cc1ccc(C)c(C)c1. The lowest BCUT2D eigenvalue weighted by Gasteiger charge is -2.32. The second kappa shape index (κ2) is 9.87. The van der Waals surface area contributed by atoms with Crippen LogP contribution in [0.2, 0.25) is 0 Å². The van der Waals surface area contributed by atoms with E-state index in [0.717, 1.165) is 6.42 Å². The first kappa shape index (κ1) is 20.7. The zero-order valence-electron chi connectivity index (χ0n) is 17.1. The molecule has 0 heterocycles. The van der Waals surface area contributed by atoms with Gasteiger partial charge in [0.25, 0.3) is 0 Å². The van der Waals surface area contributed by atoms with Crippen molar-refractivity contribution in [3.63, 3.8) is 0 Å². The van der Waals surface area contributed by atoms with E-state index in [0.29, 0.717) is 11.3 Å². The molecule has 0 amide bonds. The van der Waals surface area contributed by atoms with Crippen LogP contribution in [0.15, 0.2) is 42.0 Å². The highest BCUT2D eigenvalue weighted by atomic mass is 14.3. The number of allylic oxidation sites excluding steroid dienone is 4. The van der Waals surface area contributed by atoms with Crippen molar-refractivity contribution in [2.24, 2.45) is 11.3 Å². The second-order valence-corrected chi connectivity index (χ2v) is 8.04. The van der Waals surface area contributed by atoms with Crippen LogP contribution in [0, 0.1) is 25.2 Å². The maximum Gasteiger partial charge on any atom is -0.0248 e. The van der Waals surface area contributed by atoms with Gasteiger partial charge in [-0.3, -0.25) is 0 Å². The summed E-state index contributed by atoms with van der Waals surface area (Å²) in [5, 5.41) is 0. The zero-order valence-corrected chi connectivity index (χ0v) is 17.1. The Morgan fingerprint density at radius 2 is 1.88 bits per heavy atom. The minimum Gasteiger partial charge on any atom is -0.0845 e. The van der Waals surface area contributed by atoms with Gasteiger partial charge in [0.2, 0.25) is 0 Å². The Hall–Kier alpha value is -1.30. The number of benzene rings is 1. The van der Waals surface area contributed by atoms with Gasteiger partial charge in [0.1, 0.15) is 0 Å². The molecular weight excluding hydrogens is 288 g/mol. The molecule has 1 rings (SSSR count). The van der Waals surface area contributed by atoms with Gasteiger partial charge in [-0.25, -0.2) is 0 Å². The van der Waals surface area contributed by atoms with E-state index in [2.05, 4.69) is 84.9 Å². The van der Waals surface area contributed by atoms with Crippen LogP contribution in [0.3, 0.4) is 0 Å². The predicted octanol–water partition coefficient (Wildman–Crippen LogP) is 7.59. The Bertz CT molecular complexity index is 557. The average Bonchev–Trinajstić information content (AvgIpc) is 2.54. The van der Waals surface area contributed by atoms with Crippen molar-refractivity contribution in [2.45, 2.75) is 80.6 Å². The second-order valence-electron chi connectivity index (χ2n) is 8.04. The first-order valence-electron chi connectivity index (χ1n) is 9.68. The molecule has 0 aliphatic carbocycles. The Labute approximate surface area is 151 Å². The van der Waals surface area contributed by atoms with Crippen LogP contribution in [0.1, 0.15) is 77.0 Å². The average molecular weight is 327 g/mol. The van der Waals surface area contributed by atoms with E-state index in [9.17, 15) is 0 Å². The van der Waals surface area contributed by atoms with E-state index >= 15 is 0 Å². The van der Waals surface area contributed by atoms with Gasteiger partial charge in [-0.15, -0.1) is 0 Å². The molecule has 0 radical (unpaired) electrons. The summed E-state index contributed by atoms with van der Waals surface area (Å²) < 4.78 is 0. The molecule has 24 heavy (non-hydrogen) atoms. The van der Waals surface area contributed by atoms with E-state index in [4.69, 9.17) is 0 Å². The zero-order chi connectivity index (χ0) is 18.2. The van der Waals surface area contributed by atoms with Gasteiger partial charge in [0, 0.05) is 0 Å². The normalized spacial score (nSPS) is 14.4. The number of hydrogen-bond donors (Lipinski definition) is 0. The van der Waals surface area contributed by atoms with Crippen molar-refractivity contribution in [1.29, 1.82) is 0 Å². The van der Waals surface area contributed by atoms with Gasteiger partial charge < -0.3 is 0 Å². The lowest BCUT2D eigenvalue weighted by atomic mass is 9.73. The molecule has 0 aromatic heterocycles. The van der Waals surface area contributed by atoms with Gasteiger partial charge in [-0.1, -0.05) is 69.7 Å². The van der Waals surface area contributed by atoms with E-state index in [1.54, 1.807) is 0 Å². The first-order chi connectivity index (χ1) is 11.3. The maximum absolute atomic E-state index is 2.44. The van der Waals surface area contributed by atoms with Crippen molar-refractivity contribution in [3.05, 3.63) is 58.7 Å². The number of rotatable bonds is 9. The molecule has 0 aliphatic rings. The van der Waals surface area contributed by atoms with E-state index in [1.165, 1.54) is 47.9 Å². The largest absolute Gasteiger partial charge is 0.0845 e. The molecule has 0 saturated heterocycles. The Morgan fingerprint density at radius 3 is 2.46 bits per heavy atom. The standard InChI is InChI=1S/C24H38/c1-8-10-12-22(9-2)13-11-16-24(6,7)21(5)18-23-15-14-19(3)20(4)17-23/h9-10,12,14-15,17,21H,8,11,13,16,18H2,1-7H3/b12-10-,22-9+. The molecule has 0 N–H and O–H groups in total. The molecule has 1 unspecified atom stereocenters. The summed E-state index contributed by atoms with van der Waals surface area (Å²) in [6, 6.07) is 6.94. The van der Waals surface area contributed by atoms with Crippen LogP contribution < -0.4 is 0 Å². The van der Waals surface area contributed by atoms with Crippen molar-refractivity contribution < 1.29 is 0 Å². The molecular formula is C24H38. The Kier molecular flexibility index (Phi) is 8.53. The van der Waals surface area contributed by atoms with Gasteiger partial charge in [-0.05, 0) is 80.9 Å². The minimum atomic E-state index is 0.381. The molecule has 0 aliphatic heterocycles. The lowest BCUT2D eigenvalue weighted by Crippen LogP contribution is -2.23. The van der Waals surface area contributed by atoms with E-state index in [-0.39, 0.29) is 0 Å². The molecule has 0 fully saturated rings. The summed E-state index contributed by atoms with van der Waals surface area (Å²) in [5.74, 6) is 0.694. The first-order valence-corrected chi connectivity index (χ1v) is 9.68. The molecule has 0 nitrogen and oxygen atoms in total. The molecule has 134 valence electrons. The minimum absolute atomic E-state index is 0.381. The van der Waals surface area contributed by atoms with E-state index < -0.39 is 0 Å². The van der Waals surface area contributed by atoms with Gasteiger partial charge in [-0.2, -0.15) is 0 Å². The van der Waals surface area contributed by atoms with Gasteiger partial charge in [0.05, 0.1) is 0 Å². The number of aryl methyl sites for hydroxylation is 2. The molecule has 0 spiro atoms. The van der Waals surface area contributed by atoms with Crippen LogP contribution in [0.25, 0.3) is 0 Å². The fourth-order valence-corrected chi connectivity index (χ4v) is 3.15. The monoisotopic (exact) mass is 326 g/mol. The summed E-state index contributed by atoms with van der Waals surface area (Å²) >= 11 is 0. The third kappa shape index (κ3) is 6.67. The quantitative estimate of drug-likeness (QED) is 0.410. The van der Waals surface area contributed by atoms with Crippen LogP contribution in [0.4, 0.5) is 0 Å². The third-order valence-electron chi connectivity index (χ3n) is 5.67. The molecule has 0 saturated carbocycles. The van der Waals surface area contributed by atoms with Crippen LogP contribution in [0.5, 0.6) is 0 Å². The molecule has 0 bridgehead atoms. The topological polar surface area (TPSA) is 0 Å². The summed E-state index contributed by atoms with van der Waals surface area (Å²) in [6.45, 7) is 16.1. The van der Waals surface area contributed by atoms with Gasteiger partial charge in [0.15, 0.2) is 0 Å². The molecule has 1 atom stereocenters. The smallest absolute Gasteiger partial charge is 0.0248 e. The highest BCUT2D eigenvalue weighted by molar-refractivity contribution is 5.30. The van der Waals surface area contributed by atoms with Crippen LogP contribution >= 0.6 is 0 Å². The van der Waals surface area contributed by atoms with Crippen molar-refractivity contribution >= 4 is 0 Å². The number of hydrogen-bond acceptors (Lipinski definition) is 0. The Balaban J connectivity index is 2.57. The summed E-state index contributed by atoms with van der Waals surface area (Å²) in [7, 11) is 0. The predicted molar refractivity (Wildman–Crippen MR) is 110 cm³/mol. The third-order valence-corrected chi connectivity index (χ3v) is 5.67.